The van der Waals surface area contributed by atoms with Gasteiger partial charge in [-0.3, -0.25) is 9.52 Å². The molecule has 1 aromatic carbocycles. The highest BCUT2D eigenvalue weighted by molar-refractivity contribution is 7.94. The molecule has 0 amide bonds. The van der Waals surface area contributed by atoms with Crippen LogP contribution < -0.4 is 4.72 Å². The minimum Gasteiger partial charge on any atom is -0.480 e. The van der Waals surface area contributed by atoms with Gasteiger partial charge in [-0.05, 0) is 6.92 Å². The summed E-state index contributed by atoms with van der Waals surface area (Å²) >= 11 is 0. The summed E-state index contributed by atoms with van der Waals surface area (Å²) in [5, 5.41) is 6.60. The average Bonchev–Trinajstić information content (AvgIpc) is 2.22. The van der Waals surface area contributed by atoms with Crippen molar-refractivity contribution in [3.8, 4) is 0 Å². The van der Waals surface area contributed by atoms with Crippen molar-refractivity contribution >= 4 is 21.7 Å². The number of hydrogen-bond acceptors (Lipinski definition) is 3. The number of carboxylic acid groups (broad SMARTS) is 1. The average molecular weight is 283 g/mol. The van der Waals surface area contributed by atoms with Crippen molar-refractivity contribution in [2.45, 2.75) is 12.2 Å². The van der Waals surface area contributed by atoms with Gasteiger partial charge in [0.25, 0.3) is 0 Å². The number of halogens is 3. The molecule has 0 spiro atoms. The molecule has 5 nitrogen and oxygen atoms in total. The first-order valence-corrected chi connectivity index (χ1v) is 6.08. The van der Waals surface area contributed by atoms with Gasteiger partial charge in [0.1, 0.15) is 11.5 Å². The van der Waals surface area contributed by atoms with E-state index < -0.39 is 44.4 Å². The molecule has 0 aliphatic carbocycles. The third kappa shape index (κ3) is 2.92. The highest BCUT2D eigenvalue weighted by Crippen LogP contribution is 2.22. The smallest absolute Gasteiger partial charge is 0.323 e. The normalized spacial score (nSPS) is 13.1. The molecule has 100 valence electrons. The highest BCUT2D eigenvalue weighted by atomic mass is 32.2. The summed E-state index contributed by atoms with van der Waals surface area (Å²) in [4.78, 5) is 10.5. The second kappa shape index (κ2) is 4.84. The first kappa shape index (κ1) is 14.3. The summed E-state index contributed by atoms with van der Waals surface area (Å²) in [6, 6.07) is 0.540. The number of sulfonamides is 1. The predicted molar refractivity (Wildman–Crippen MR) is 56.0 cm³/mol. The van der Waals surface area contributed by atoms with Crippen molar-refractivity contribution in [3.05, 3.63) is 29.6 Å². The van der Waals surface area contributed by atoms with Crippen molar-refractivity contribution in [2.24, 2.45) is 0 Å². The summed E-state index contributed by atoms with van der Waals surface area (Å²) < 4.78 is 63.1. The fourth-order valence-corrected chi connectivity index (χ4v) is 1.92. The van der Waals surface area contributed by atoms with E-state index in [1.807, 2.05) is 0 Å². The summed E-state index contributed by atoms with van der Waals surface area (Å²) in [5.74, 6) is -5.87. The van der Waals surface area contributed by atoms with Gasteiger partial charge in [-0.25, -0.2) is 21.6 Å². The number of rotatable bonds is 4. The third-order valence-corrected chi connectivity index (χ3v) is 3.69. The molecular weight excluding hydrogens is 275 g/mol. The summed E-state index contributed by atoms with van der Waals surface area (Å²) in [7, 11) is -4.52. The zero-order chi connectivity index (χ0) is 14.1. The Hall–Kier alpha value is -1.77. The van der Waals surface area contributed by atoms with Crippen LogP contribution in [-0.4, -0.2) is 24.7 Å². The molecule has 0 fully saturated rings. The Bertz CT molecular complexity index is 564. The molecule has 0 bridgehead atoms. The Balaban J connectivity index is 3.17. The lowest BCUT2D eigenvalue weighted by Gasteiger charge is -2.12. The molecule has 0 radical (unpaired) electrons. The van der Waals surface area contributed by atoms with Gasteiger partial charge >= 0.3 is 5.97 Å². The van der Waals surface area contributed by atoms with Crippen LogP contribution in [0.1, 0.15) is 6.92 Å². The lowest BCUT2D eigenvalue weighted by molar-refractivity contribution is -0.136. The van der Waals surface area contributed by atoms with Gasteiger partial charge in [0, 0.05) is 12.1 Å². The lowest BCUT2D eigenvalue weighted by atomic mass is 10.3. The van der Waals surface area contributed by atoms with E-state index in [4.69, 9.17) is 5.11 Å². The van der Waals surface area contributed by atoms with E-state index in [0.717, 1.165) is 6.92 Å². The van der Waals surface area contributed by atoms with E-state index >= 15 is 0 Å². The van der Waals surface area contributed by atoms with E-state index in [0.29, 0.717) is 0 Å². The van der Waals surface area contributed by atoms with Crippen molar-refractivity contribution in [1.29, 1.82) is 0 Å². The predicted octanol–water partition coefficient (Wildman–Crippen LogP) is 1.32. The maximum absolute atomic E-state index is 13.2. The molecule has 0 aromatic heterocycles. The molecule has 1 rings (SSSR count). The van der Waals surface area contributed by atoms with E-state index in [-0.39, 0.29) is 12.1 Å². The number of carbonyl (C=O) groups is 1. The number of benzene rings is 1. The Morgan fingerprint density at radius 3 is 2.11 bits per heavy atom. The largest absolute Gasteiger partial charge is 0.480 e. The molecule has 2 N–H and O–H groups in total. The second-order valence-corrected chi connectivity index (χ2v) is 5.37. The maximum Gasteiger partial charge on any atom is 0.323 e. The molecule has 9 heteroatoms. The van der Waals surface area contributed by atoms with Gasteiger partial charge in [0.2, 0.25) is 10.0 Å². The number of nitrogens with one attached hydrogen (secondary N) is 1. The summed E-state index contributed by atoms with van der Waals surface area (Å²) in [6.45, 7) is 0.823. The molecule has 1 atom stereocenters. The van der Waals surface area contributed by atoms with Crippen LogP contribution in [0.15, 0.2) is 12.1 Å². The van der Waals surface area contributed by atoms with Crippen LogP contribution >= 0.6 is 0 Å². The third-order valence-electron chi connectivity index (χ3n) is 2.06. The van der Waals surface area contributed by atoms with E-state index in [9.17, 15) is 26.4 Å². The van der Waals surface area contributed by atoms with E-state index in [1.165, 1.54) is 4.72 Å². The molecule has 0 aliphatic rings. The van der Waals surface area contributed by atoms with Crippen LogP contribution in [0.5, 0.6) is 0 Å². The minimum atomic E-state index is -4.52. The molecule has 0 heterocycles. The minimum absolute atomic E-state index is 0.270. The molecule has 0 saturated heterocycles. The molecule has 0 saturated carbocycles. The van der Waals surface area contributed by atoms with Crippen molar-refractivity contribution in [2.75, 3.05) is 4.72 Å². The number of hydrogen-bond donors (Lipinski definition) is 2. The highest BCUT2D eigenvalue weighted by Gasteiger charge is 2.29. The Labute approximate surface area is 100 Å². The van der Waals surface area contributed by atoms with Crippen LogP contribution in [0, 0.1) is 17.5 Å². The van der Waals surface area contributed by atoms with Crippen molar-refractivity contribution in [3.63, 3.8) is 0 Å². The maximum atomic E-state index is 13.2. The Morgan fingerprint density at radius 2 is 1.72 bits per heavy atom. The first-order valence-electron chi connectivity index (χ1n) is 4.54. The van der Waals surface area contributed by atoms with Crippen LogP contribution in [0.25, 0.3) is 0 Å². The summed E-state index contributed by atoms with van der Waals surface area (Å²) in [6.07, 6.45) is 0. The molecule has 0 aliphatic heterocycles. The fourth-order valence-electron chi connectivity index (χ4n) is 1.00. The van der Waals surface area contributed by atoms with Crippen molar-refractivity contribution < 1.29 is 31.5 Å². The van der Waals surface area contributed by atoms with Crippen LogP contribution in [-0.2, 0) is 14.8 Å². The van der Waals surface area contributed by atoms with Crippen molar-refractivity contribution in [1.82, 2.24) is 0 Å². The SMILES string of the molecule is CC(C(=O)O)S(=O)(=O)Nc1c(F)cc(F)cc1F. The van der Waals surface area contributed by atoms with Gasteiger partial charge in [0.15, 0.2) is 16.9 Å². The Kier molecular flexibility index (Phi) is 3.85. The molecular formula is C9H8F3NO4S. The number of carboxylic acids is 1. The van der Waals surface area contributed by atoms with Gasteiger partial charge in [-0.15, -0.1) is 0 Å². The second-order valence-electron chi connectivity index (χ2n) is 3.37. The quantitative estimate of drug-likeness (QED) is 0.873. The fraction of sp³-hybridized carbons (Fsp3) is 0.222. The van der Waals surface area contributed by atoms with E-state index in [1.54, 1.807) is 0 Å². The number of anilines is 1. The molecule has 1 aromatic rings. The van der Waals surface area contributed by atoms with Crippen LogP contribution in [0.3, 0.4) is 0 Å². The topological polar surface area (TPSA) is 83.5 Å². The zero-order valence-corrected chi connectivity index (χ0v) is 9.76. The van der Waals surface area contributed by atoms with Gasteiger partial charge in [-0.1, -0.05) is 0 Å². The molecule has 18 heavy (non-hydrogen) atoms. The van der Waals surface area contributed by atoms with Gasteiger partial charge in [-0.2, -0.15) is 0 Å². The van der Waals surface area contributed by atoms with Crippen LogP contribution in [0.4, 0.5) is 18.9 Å². The van der Waals surface area contributed by atoms with Gasteiger partial charge < -0.3 is 5.11 Å². The van der Waals surface area contributed by atoms with Crippen LogP contribution in [0.2, 0.25) is 0 Å². The summed E-state index contributed by atoms with van der Waals surface area (Å²) in [5.41, 5.74) is -1.12. The molecule has 1 unspecified atom stereocenters. The monoisotopic (exact) mass is 283 g/mol. The standard InChI is InChI=1S/C9H8F3NO4S/c1-4(9(14)15)18(16,17)13-8-6(11)2-5(10)3-7(8)12/h2-4,13H,1H3,(H,14,15). The first-order chi connectivity index (χ1) is 8.15. The van der Waals surface area contributed by atoms with E-state index in [2.05, 4.69) is 0 Å². The van der Waals surface area contributed by atoms with Gasteiger partial charge in [0.05, 0.1) is 0 Å². The lowest BCUT2D eigenvalue weighted by Crippen LogP contribution is -2.32. The number of aliphatic carboxylic acids is 1. The Morgan fingerprint density at radius 1 is 1.28 bits per heavy atom. The zero-order valence-electron chi connectivity index (χ0n) is 8.95.